The Bertz CT molecular complexity index is 1280. The van der Waals surface area contributed by atoms with Gasteiger partial charge in [0.2, 0.25) is 0 Å². The standard InChI is InChI=1S/C31H32N4.4BrH.2Pd/c1-20-15-26(16-21(2)30(20)34-24(5)28-11-7-9-13-32-28)19-27-17-22(3)31(23(4)18-27)35-25(6)29-12-8-10-14-33-29;;;;;;/h7-18H,19H2,1-6H3;4*1H;;/q;;;;;2*+2/p-4. The van der Waals surface area contributed by atoms with E-state index >= 15 is 0 Å². The quantitative estimate of drug-likeness (QED) is 0.145. The minimum Gasteiger partial charge on any atom is -1.00 e. The third kappa shape index (κ3) is 12.1. The van der Waals surface area contributed by atoms with Crippen molar-refractivity contribution in [1.82, 2.24) is 9.97 Å². The van der Waals surface area contributed by atoms with Gasteiger partial charge in [-0.15, -0.1) is 0 Å². The van der Waals surface area contributed by atoms with E-state index in [-0.39, 0.29) is 109 Å². The van der Waals surface area contributed by atoms with Crippen LogP contribution in [-0.2, 0) is 47.3 Å². The Balaban J connectivity index is -0.00000241. The second-order valence-corrected chi connectivity index (χ2v) is 9.16. The molecule has 0 bridgehead atoms. The van der Waals surface area contributed by atoms with Crippen LogP contribution in [0.2, 0.25) is 0 Å². The molecule has 0 saturated carbocycles. The number of benzene rings is 2. The predicted octanol–water partition coefficient (Wildman–Crippen LogP) is -4.41. The molecular weight excluding hydrogens is 961 g/mol. The average molecular weight is 993 g/mol. The fraction of sp³-hybridized carbons (Fsp3) is 0.226. The van der Waals surface area contributed by atoms with E-state index in [9.17, 15) is 0 Å². The molecule has 41 heavy (non-hydrogen) atoms. The summed E-state index contributed by atoms with van der Waals surface area (Å²) in [5.74, 6) is 0. The molecule has 2 aromatic heterocycles. The molecule has 4 nitrogen and oxygen atoms in total. The van der Waals surface area contributed by atoms with Gasteiger partial charge in [0, 0.05) is 12.4 Å². The van der Waals surface area contributed by atoms with E-state index in [0.29, 0.717) is 0 Å². The number of halogens is 4. The molecule has 0 unspecified atom stereocenters. The summed E-state index contributed by atoms with van der Waals surface area (Å²) >= 11 is 0. The van der Waals surface area contributed by atoms with Crippen molar-refractivity contribution in [1.29, 1.82) is 0 Å². The maximum atomic E-state index is 4.90. The molecule has 4 rings (SSSR count). The Morgan fingerprint density at radius 1 is 0.561 bits per heavy atom. The van der Waals surface area contributed by atoms with E-state index < -0.39 is 0 Å². The smallest absolute Gasteiger partial charge is 1.00 e. The van der Waals surface area contributed by atoms with Gasteiger partial charge in [-0.25, -0.2) is 0 Å². The fourth-order valence-electron chi connectivity index (χ4n) is 4.49. The van der Waals surface area contributed by atoms with Crippen LogP contribution in [-0.4, -0.2) is 21.4 Å². The molecule has 0 spiro atoms. The van der Waals surface area contributed by atoms with Crippen LogP contribution in [0.3, 0.4) is 0 Å². The monoisotopic (exact) mass is 988 g/mol. The second-order valence-electron chi connectivity index (χ2n) is 9.16. The molecule has 0 aliphatic rings. The summed E-state index contributed by atoms with van der Waals surface area (Å²) in [7, 11) is 0. The van der Waals surface area contributed by atoms with Gasteiger partial charge < -0.3 is 67.9 Å². The van der Waals surface area contributed by atoms with Crippen molar-refractivity contribution in [3.05, 3.63) is 118 Å². The fourth-order valence-corrected chi connectivity index (χ4v) is 4.49. The van der Waals surface area contributed by atoms with Crippen LogP contribution in [0.1, 0.15) is 58.6 Å². The van der Waals surface area contributed by atoms with Gasteiger partial charge in [0.1, 0.15) is 0 Å². The van der Waals surface area contributed by atoms with E-state index in [1.165, 1.54) is 33.4 Å². The molecule has 2 heterocycles. The van der Waals surface area contributed by atoms with Crippen LogP contribution < -0.4 is 67.9 Å². The van der Waals surface area contributed by atoms with E-state index in [0.717, 1.165) is 40.6 Å². The van der Waals surface area contributed by atoms with Gasteiger partial charge in [-0.1, -0.05) is 36.4 Å². The van der Waals surface area contributed by atoms with Gasteiger partial charge in [-0.3, -0.25) is 20.0 Å². The van der Waals surface area contributed by atoms with Gasteiger partial charge in [0.25, 0.3) is 0 Å². The van der Waals surface area contributed by atoms with Gasteiger partial charge in [-0.2, -0.15) is 0 Å². The normalized spacial score (nSPS) is 10.4. The first kappa shape index (κ1) is 44.8. The van der Waals surface area contributed by atoms with Crippen LogP contribution in [0, 0.1) is 27.7 Å². The van der Waals surface area contributed by atoms with Crippen LogP contribution in [0.25, 0.3) is 0 Å². The molecule has 4 aromatic rings. The van der Waals surface area contributed by atoms with Crippen LogP contribution in [0.4, 0.5) is 11.4 Å². The van der Waals surface area contributed by atoms with E-state index in [1.807, 2.05) is 50.2 Å². The first-order valence-corrected chi connectivity index (χ1v) is 12.0. The predicted molar refractivity (Wildman–Crippen MR) is 147 cm³/mol. The molecule has 0 aliphatic carbocycles. The van der Waals surface area contributed by atoms with E-state index in [2.05, 4.69) is 61.9 Å². The topological polar surface area (TPSA) is 50.5 Å². The molecule has 0 saturated heterocycles. The molecule has 224 valence electrons. The van der Waals surface area contributed by atoms with E-state index in [1.54, 1.807) is 12.4 Å². The molecule has 10 heteroatoms. The van der Waals surface area contributed by atoms with E-state index in [4.69, 9.17) is 9.98 Å². The maximum Gasteiger partial charge on any atom is 2.00 e. The van der Waals surface area contributed by atoms with Crippen molar-refractivity contribution in [2.45, 2.75) is 48.0 Å². The Kier molecular flexibility index (Phi) is 23.0. The van der Waals surface area contributed by atoms with Gasteiger partial charge in [-0.05, 0) is 106 Å². The number of aliphatic imine (C=N–C) groups is 2. The first-order chi connectivity index (χ1) is 16.8. The minimum absolute atomic E-state index is 0. The van der Waals surface area contributed by atoms with Gasteiger partial charge in [0.05, 0.1) is 34.2 Å². The third-order valence-corrected chi connectivity index (χ3v) is 6.14. The number of hydrogen-bond donors (Lipinski definition) is 0. The Hall–Kier alpha value is -0.675. The molecule has 0 radical (unpaired) electrons. The zero-order valence-electron chi connectivity index (χ0n) is 23.6. The molecule has 0 aliphatic heterocycles. The van der Waals surface area contributed by atoms with Crippen molar-refractivity contribution < 1.29 is 109 Å². The van der Waals surface area contributed by atoms with Crippen molar-refractivity contribution in [3.63, 3.8) is 0 Å². The van der Waals surface area contributed by atoms with Crippen LogP contribution in [0.5, 0.6) is 0 Å². The van der Waals surface area contributed by atoms with Crippen LogP contribution in [0.15, 0.2) is 83.0 Å². The molecule has 2 aromatic carbocycles. The van der Waals surface area contributed by atoms with Gasteiger partial charge >= 0.3 is 40.8 Å². The Morgan fingerprint density at radius 3 is 1.15 bits per heavy atom. The number of rotatable bonds is 6. The summed E-state index contributed by atoms with van der Waals surface area (Å²) in [6, 6.07) is 20.8. The Morgan fingerprint density at radius 2 is 0.878 bits per heavy atom. The summed E-state index contributed by atoms with van der Waals surface area (Å²) in [5.41, 5.74) is 13.0. The number of nitrogens with zero attached hydrogens (tertiary/aromatic N) is 4. The second kappa shape index (κ2) is 21.1. The average Bonchev–Trinajstić information content (AvgIpc) is 2.84. The van der Waals surface area contributed by atoms with Crippen LogP contribution >= 0.6 is 0 Å². The largest absolute Gasteiger partial charge is 2.00 e. The summed E-state index contributed by atoms with van der Waals surface area (Å²) in [6.45, 7) is 12.6. The Labute approximate surface area is 314 Å². The summed E-state index contributed by atoms with van der Waals surface area (Å²) < 4.78 is 0. The first-order valence-electron chi connectivity index (χ1n) is 12.0. The maximum absolute atomic E-state index is 4.90. The number of pyridine rings is 2. The SMILES string of the molecule is CC(=Nc1c(C)cc(Cc2cc(C)c(N=C(C)c3ccccn3)c(C)c2)cc1C)c1ccccn1.[Br-].[Br-].[Br-].[Br-].[Pd+2].[Pd+2]. The molecule has 0 N–H and O–H groups in total. The van der Waals surface area contributed by atoms with Crippen molar-refractivity contribution >= 4 is 22.8 Å². The zero-order valence-corrected chi connectivity index (χ0v) is 33.0. The van der Waals surface area contributed by atoms with Gasteiger partial charge in [0.15, 0.2) is 0 Å². The minimum atomic E-state index is 0. The molecule has 0 fully saturated rings. The van der Waals surface area contributed by atoms with Crippen molar-refractivity contribution in [2.24, 2.45) is 9.98 Å². The summed E-state index contributed by atoms with van der Waals surface area (Å²) in [6.07, 6.45) is 4.48. The van der Waals surface area contributed by atoms with Crippen molar-refractivity contribution in [2.75, 3.05) is 0 Å². The van der Waals surface area contributed by atoms with Crippen molar-refractivity contribution in [3.8, 4) is 0 Å². The zero-order chi connectivity index (χ0) is 24.9. The number of aryl methyl sites for hydroxylation is 4. The summed E-state index contributed by atoms with van der Waals surface area (Å²) in [5, 5.41) is 0. The summed E-state index contributed by atoms with van der Waals surface area (Å²) in [4.78, 5) is 18.7. The number of hydrogen-bond acceptors (Lipinski definition) is 4. The molecule has 0 amide bonds. The molecular formula is C31H32Br4N4Pd2. The third-order valence-electron chi connectivity index (χ3n) is 6.14. The molecule has 0 atom stereocenters. The number of aromatic nitrogens is 2.